The molecule has 0 unspecified atom stereocenters. The average molecular weight is 402 g/mol. The number of hydrogen-bond acceptors (Lipinski definition) is 2. The standard InChI is InChI=1S/C26H20N5/c1-31-12-2-3-17(16-31)26-24-10-8-22(29-24)14-20-6-4-18(27-20)13-19-5-7-21(28-19)15-23-9-11-25(26)30-23/h2-16,27,30H,1H3/q+1. The third-order valence-electron chi connectivity index (χ3n) is 5.45. The number of rotatable bonds is 1. The molecule has 148 valence electrons. The lowest BCUT2D eigenvalue weighted by atomic mass is 10.1. The fraction of sp³-hybridized carbons (Fsp3) is 0.0385. The molecule has 0 atom stereocenters. The number of aromatic nitrogens is 5. The van der Waals surface area contributed by atoms with Crippen molar-refractivity contribution in [2.24, 2.45) is 7.05 Å². The maximum absolute atomic E-state index is 4.93. The Morgan fingerprint density at radius 2 is 1.35 bits per heavy atom. The van der Waals surface area contributed by atoms with Gasteiger partial charge in [-0.1, -0.05) is 0 Å². The molecule has 8 bridgehead atoms. The van der Waals surface area contributed by atoms with E-state index in [4.69, 9.17) is 9.97 Å². The zero-order valence-electron chi connectivity index (χ0n) is 17.0. The predicted molar refractivity (Wildman–Crippen MR) is 125 cm³/mol. The van der Waals surface area contributed by atoms with Crippen molar-refractivity contribution in [3.63, 3.8) is 0 Å². The summed E-state index contributed by atoms with van der Waals surface area (Å²) in [6, 6.07) is 18.7. The van der Waals surface area contributed by atoms with Crippen LogP contribution >= 0.6 is 0 Å². The zero-order chi connectivity index (χ0) is 20.8. The van der Waals surface area contributed by atoms with Crippen molar-refractivity contribution in [1.29, 1.82) is 0 Å². The summed E-state index contributed by atoms with van der Waals surface area (Å²) in [6.45, 7) is 0. The molecule has 0 radical (unpaired) electrons. The molecule has 0 fully saturated rings. The van der Waals surface area contributed by atoms with Crippen molar-refractivity contribution in [3.05, 3.63) is 89.8 Å². The van der Waals surface area contributed by atoms with Crippen molar-refractivity contribution in [3.8, 4) is 11.1 Å². The van der Waals surface area contributed by atoms with Crippen molar-refractivity contribution < 1.29 is 4.57 Å². The second-order valence-electron chi connectivity index (χ2n) is 7.81. The highest BCUT2D eigenvalue weighted by atomic mass is 14.9. The van der Waals surface area contributed by atoms with Gasteiger partial charge in [0.15, 0.2) is 12.4 Å². The average Bonchev–Trinajstić information content (AvgIpc) is 3.53. The summed E-state index contributed by atoms with van der Waals surface area (Å²) in [4.78, 5) is 16.6. The van der Waals surface area contributed by atoms with Gasteiger partial charge in [0.1, 0.15) is 7.05 Å². The van der Waals surface area contributed by atoms with Crippen LogP contribution in [0.15, 0.2) is 67.0 Å². The summed E-state index contributed by atoms with van der Waals surface area (Å²) in [5.74, 6) is 0. The van der Waals surface area contributed by atoms with Gasteiger partial charge in [-0.15, -0.1) is 0 Å². The molecule has 5 heteroatoms. The van der Waals surface area contributed by atoms with Crippen LogP contribution in [0, 0.1) is 0 Å². The Morgan fingerprint density at radius 3 is 2.10 bits per heavy atom. The van der Waals surface area contributed by atoms with E-state index in [0.29, 0.717) is 0 Å². The van der Waals surface area contributed by atoms with Crippen LogP contribution in [0.25, 0.3) is 57.5 Å². The Balaban J connectivity index is 1.73. The van der Waals surface area contributed by atoms with Gasteiger partial charge >= 0.3 is 0 Å². The van der Waals surface area contributed by atoms with Crippen molar-refractivity contribution in [2.75, 3.05) is 0 Å². The van der Waals surface area contributed by atoms with E-state index >= 15 is 0 Å². The van der Waals surface area contributed by atoms with Gasteiger partial charge < -0.3 is 9.97 Å². The molecule has 0 spiro atoms. The molecule has 4 aromatic rings. The molecule has 31 heavy (non-hydrogen) atoms. The smallest absolute Gasteiger partial charge is 0.176 e. The Morgan fingerprint density at radius 1 is 0.710 bits per heavy atom. The number of H-pyrrole nitrogens is 2. The minimum absolute atomic E-state index is 0.917. The summed E-state index contributed by atoms with van der Waals surface area (Å²) in [5.41, 5.74) is 9.93. The minimum Gasteiger partial charge on any atom is -0.355 e. The van der Waals surface area contributed by atoms with E-state index in [-0.39, 0.29) is 0 Å². The van der Waals surface area contributed by atoms with E-state index in [1.165, 1.54) is 0 Å². The van der Waals surface area contributed by atoms with Crippen LogP contribution in [0.1, 0.15) is 22.8 Å². The molecule has 0 aliphatic carbocycles. The van der Waals surface area contributed by atoms with Crippen LogP contribution in [0.5, 0.6) is 0 Å². The van der Waals surface area contributed by atoms with Crippen LogP contribution in [0.3, 0.4) is 0 Å². The molecule has 6 heterocycles. The van der Waals surface area contributed by atoms with Crippen LogP contribution < -0.4 is 4.57 Å². The van der Waals surface area contributed by atoms with E-state index in [1.54, 1.807) is 0 Å². The monoisotopic (exact) mass is 402 g/mol. The topological polar surface area (TPSA) is 61.2 Å². The summed E-state index contributed by atoms with van der Waals surface area (Å²) in [7, 11) is 2.03. The number of pyridine rings is 1. The Hall–Kier alpha value is -4.25. The van der Waals surface area contributed by atoms with Gasteiger partial charge in [0, 0.05) is 39.3 Å². The molecule has 2 N–H and O–H groups in total. The molecular formula is C26H20N5+. The summed E-state index contributed by atoms with van der Waals surface area (Å²) in [5, 5.41) is 0. The second kappa shape index (κ2) is 6.92. The molecule has 2 aliphatic heterocycles. The van der Waals surface area contributed by atoms with E-state index in [1.807, 2.05) is 31.5 Å². The zero-order valence-corrected chi connectivity index (χ0v) is 17.0. The van der Waals surface area contributed by atoms with Crippen LogP contribution in [-0.2, 0) is 7.05 Å². The first-order valence-corrected chi connectivity index (χ1v) is 10.2. The fourth-order valence-corrected chi connectivity index (χ4v) is 4.05. The molecular weight excluding hydrogens is 382 g/mol. The van der Waals surface area contributed by atoms with Gasteiger partial charge in [0.05, 0.1) is 22.8 Å². The van der Waals surface area contributed by atoms with E-state index < -0.39 is 0 Å². The second-order valence-corrected chi connectivity index (χ2v) is 7.81. The van der Waals surface area contributed by atoms with Crippen LogP contribution in [0.4, 0.5) is 0 Å². The highest BCUT2D eigenvalue weighted by molar-refractivity contribution is 5.90. The third kappa shape index (κ3) is 3.36. The number of nitrogens with zero attached hydrogens (tertiary/aromatic N) is 3. The van der Waals surface area contributed by atoms with Gasteiger partial charge in [-0.25, -0.2) is 14.5 Å². The van der Waals surface area contributed by atoms with Gasteiger partial charge in [0.2, 0.25) is 0 Å². The van der Waals surface area contributed by atoms with Gasteiger partial charge in [-0.3, -0.25) is 0 Å². The first-order chi connectivity index (χ1) is 15.2. The molecule has 0 aromatic carbocycles. The third-order valence-corrected chi connectivity index (χ3v) is 5.45. The predicted octanol–water partition coefficient (Wildman–Crippen LogP) is 5.15. The quantitative estimate of drug-likeness (QED) is 0.374. The van der Waals surface area contributed by atoms with Crippen molar-refractivity contribution >= 4 is 46.4 Å². The lowest BCUT2D eigenvalue weighted by Gasteiger charge is -2.02. The highest BCUT2D eigenvalue weighted by Crippen LogP contribution is 2.29. The Bertz CT molecular complexity index is 1550. The minimum atomic E-state index is 0.917. The number of nitrogens with one attached hydrogen (secondary N) is 2. The lowest BCUT2D eigenvalue weighted by Crippen LogP contribution is -2.26. The summed E-state index contributed by atoms with van der Waals surface area (Å²) < 4.78 is 2.06. The molecule has 4 aromatic heterocycles. The van der Waals surface area contributed by atoms with Gasteiger partial charge in [0.25, 0.3) is 0 Å². The molecule has 2 aliphatic rings. The van der Waals surface area contributed by atoms with E-state index in [9.17, 15) is 0 Å². The van der Waals surface area contributed by atoms with Gasteiger partial charge in [-0.2, -0.15) is 0 Å². The largest absolute Gasteiger partial charge is 0.355 e. The number of fused-ring (bicyclic) bond motifs is 8. The Labute approximate surface area is 179 Å². The van der Waals surface area contributed by atoms with Crippen molar-refractivity contribution in [2.45, 2.75) is 0 Å². The summed E-state index contributed by atoms with van der Waals surface area (Å²) >= 11 is 0. The SMILES string of the molecule is C[n+]1cccc(-c2c3nc(cc4ccc(cc5nc(cc6ccc2[nH]6)C=C5)[nH]4)C=C3)c1. The molecule has 0 saturated carbocycles. The summed E-state index contributed by atoms with van der Waals surface area (Å²) in [6.07, 6.45) is 12.4. The normalized spacial score (nSPS) is 12.4. The molecule has 0 amide bonds. The number of aromatic amines is 2. The molecule has 0 saturated heterocycles. The molecule has 6 rings (SSSR count). The Kier molecular flexibility index (Phi) is 3.93. The van der Waals surface area contributed by atoms with Crippen LogP contribution in [0.2, 0.25) is 0 Å². The highest BCUT2D eigenvalue weighted by Gasteiger charge is 2.13. The molecule has 5 nitrogen and oxygen atoms in total. The number of aryl methyl sites for hydroxylation is 1. The van der Waals surface area contributed by atoms with E-state index in [0.717, 1.165) is 56.0 Å². The first kappa shape index (κ1) is 17.6. The van der Waals surface area contributed by atoms with Crippen LogP contribution in [-0.4, -0.2) is 19.9 Å². The first-order valence-electron chi connectivity index (χ1n) is 10.2. The number of hydrogen-bond donors (Lipinski definition) is 2. The van der Waals surface area contributed by atoms with E-state index in [2.05, 4.69) is 81.4 Å². The van der Waals surface area contributed by atoms with Crippen molar-refractivity contribution in [1.82, 2.24) is 19.9 Å². The maximum Gasteiger partial charge on any atom is 0.176 e. The lowest BCUT2D eigenvalue weighted by molar-refractivity contribution is -0.671. The maximum atomic E-state index is 4.93. The fourth-order valence-electron chi connectivity index (χ4n) is 4.05. The van der Waals surface area contributed by atoms with Gasteiger partial charge in [-0.05, 0) is 72.8 Å².